The van der Waals surface area contributed by atoms with Crippen LogP contribution in [0.2, 0.25) is 10.0 Å². The summed E-state index contributed by atoms with van der Waals surface area (Å²) in [6.45, 7) is 4.24. The summed E-state index contributed by atoms with van der Waals surface area (Å²) < 4.78 is 5.33. The highest BCUT2D eigenvalue weighted by atomic mass is 35.5. The molecule has 2 rings (SSSR count). The third-order valence-corrected chi connectivity index (χ3v) is 3.60. The largest absolute Gasteiger partial charge is 0.364 e. The van der Waals surface area contributed by atoms with Gasteiger partial charge in [-0.25, -0.2) is 0 Å². The normalized spacial score (nSPS) is 13.0. The number of hydrogen-bond acceptors (Lipinski definition) is 4. The van der Waals surface area contributed by atoms with E-state index in [4.69, 9.17) is 32.8 Å². The molecule has 1 aromatic carbocycles. The molecule has 1 atom stereocenters. The number of aromatic nitrogens is 1. The number of nitrogens with zero attached hydrogens (tertiary/aromatic N) is 2. The van der Waals surface area contributed by atoms with Gasteiger partial charge in [0, 0.05) is 42.9 Å². The minimum atomic E-state index is -0.435. The Morgan fingerprint density at radius 1 is 1.30 bits per heavy atom. The van der Waals surface area contributed by atoms with E-state index >= 15 is 0 Å². The van der Waals surface area contributed by atoms with Crippen LogP contribution in [0.25, 0.3) is 0 Å². The maximum absolute atomic E-state index is 6.30. The van der Waals surface area contributed by atoms with Crippen LogP contribution in [0.4, 0.5) is 0 Å². The van der Waals surface area contributed by atoms with E-state index in [9.17, 15) is 0 Å². The Kier molecular flexibility index (Phi) is 6.84. The van der Waals surface area contributed by atoms with Crippen molar-refractivity contribution in [3.05, 3.63) is 63.9 Å². The Morgan fingerprint density at radius 2 is 2.13 bits per heavy atom. The lowest BCUT2D eigenvalue weighted by atomic mass is 10.0. The number of halogens is 2. The summed E-state index contributed by atoms with van der Waals surface area (Å²) in [5.41, 5.74) is 2.46. The number of ether oxygens (including phenoxy) is 1. The summed E-state index contributed by atoms with van der Waals surface area (Å²) in [6, 6.07) is 9.13. The molecule has 0 N–H and O–H groups in total. The summed E-state index contributed by atoms with van der Waals surface area (Å²) >= 11 is 12.3. The SMILES string of the molecule is CCOC(C)ON=C(Cc1cccnc1)c1ccc(Cl)cc1Cl. The van der Waals surface area contributed by atoms with Crippen LogP contribution in [-0.2, 0) is 16.0 Å². The summed E-state index contributed by atoms with van der Waals surface area (Å²) in [5, 5.41) is 5.33. The lowest BCUT2D eigenvalue weighted by Gasteiger charge is -2.13. The Balaban J connectivity index is 2.28. The molecule has 6 heteroatoms. The van der Waals surface area contributed by atoms with E-state index < -0.39 is 6.29 Å². The molecule has 23 heavy (non-hydrogen) atoms. The molecule has 4 nitrogen and oxygen atoms in total. The lowest BCUT2D eigenvalue weighted by molar-refractivity contribution is -0.126. The average Bonchev–Trinajstić information content (AvgIpc) is 2.53. The summed E-state index contributed by atoms with van der Waals surface area (Å²) in [5.74, 6) is 0. The summed E-state index contributed by atoms with van der Waals surface area (Å²) in [7, 11) is 0. The lowest BCUT2D eigenvalue weighted by Crippen LogP contribution is -2.13. The zero-order valence-corrected chi connectivity index (χ0v) is 14.5. The second-order valence-corrected chi connectivity index (χ2v) is 5.67. The van der Waals surface area contributed by atoms with Crippen molar-refractivity contribution in [2.24, 2.45) is 5.16 Å². The summed E-state index contributed by atoms with van der Waals surface area (Å²) in [4.78, 5) is 9.53. The van der Waals surface area contributed by atoms with E-state index in [1.807, 2.05) is 25.1 Å². The second kappa shape index (κ2) is 8.87. The number of pyridine rings is 1. The third-order valence-electron chi connectivity index (χ3n) is 3.05. The van der Waals surface area contributed by atoms with Crippen LogP contribution in [0.15, 0.2) is 47.9 Å². The molecule has 1 unspecified atom stereocenters. The van der Waals surface area contributed by atoms with Gasteiger partial charge in [0.2, 0.25) is 6.29 Å². The monoisotopic (exact) mass is 352 g/mol. The molecular weight excluding hydrogens is 335 g/mol. The van der Waals surface area contributed by atoms with Gasteiger partial charge < -0.3 is 9.57 Å². The highest BCUT2D eigenvalue weighted by Crippen LogP contribution is 2.23. The molecule has 0 aliphatic heterocycles. The first-order valence-electron chi connectivity index (χ1n) is 7.28. The number of rotatable bonds is 7. The predicted molar refractivity (Wildman–Crippen MR) is 93.1 cm³/mol. The van der Waals surface area contributed by atoms with Crippen LogP contribution in [-0.4, -0.2) is 23.6 Å². The second-order valence-electron chi connectivity index (χ2n) is 4.83. The number of hydrogen-bond donors (Lipinski definition) is 0. The van der Waals surface area contributed by atoms with E-state index in [2.05, 4.69) is 10.1 Å². The molecule has 1 heterocycles. The van der Waals surface area contributed by atoms with Gasteiger partial charge in [-0.2, -0.15) is 0 Å². The van der Waals surface area contributed by atoms with Gasteiger partial charge in [0.1, 0.15) is 0 Å². The molecule has 0 bridgehead atoms. The molecule has 0 fully saturated rings. The molecular formula is C17H18Cl2N2O2. The molecule has 2 aromatic rings. The van der Waals surface area contributed by atoms with Crippen molar-refractivity contribution in [1.82, 2.24) is 4.98 Å². The highest BCUT2D eigenvalue weighted by Gasteiger charge is 2.12. The molecule has 0 amide bonds. The Morgan fingerprint density at radius 3 is 2.78 bits per heavy atom. The van der Waals surface area contributed by atoms with Crippen LogP contribution in [0.5, 0.6) is 0 Å². The van der Waals surface area contributed by atoms with Crippen molar-refractivity contribution in [2.45, 2.75) is 26.6 Å². The zero-order chi connectivity index (χ0) is 16.7. The van der Waals surface area contributed by atoms with Crippen molar-refractivity contribution in [3.8, 4) is 0 Å². The average molecular weight is 353 g/mol. The first-order valence-corrected chi connectivity index (χ1v) is 8.04. The van der Waals surface area contributed by atoms with Crippen LogP contribution in [0.1, 0.15) is 25.0 Å². The van der Waals surface area contributed by atoms with E-state index in [0.29, 0.717) is 28.8 Å². The highest BCUT2D eigenvalue weighted by molar-refractivity contribution is 6.37. The molecule has 0 aliphatic carbocycles. The fourth-order valence-electron chi connectivity index (χ4n) is 2.00. The molecule has 122 valence electrons. The first kappa shape index (κ1) is 17.7. The van der Waals surface area contributed by atoms with E-state index in [0.717, 1.165) is 11.1 Å². The maximum Gasteiger partial charge on any atom is 0.223 e. The fraction of sp³-hybridized carbons (Fsp3) is 0.294. The van der Waals surface area contributed by atoms with E-state index in [-0.39, 0.29) is 0 Å². The van der Waals surface area contributed by atoms with Crippen molar-refractivity contribution in [1.29, 1.82) is 0 Å². The van der Waals surface area contributed by atoms with Crippen molar-refractivity contribution in [2.75, 3.05) is 6.61 Å². The van der Waals surface area contributed by atoms with Gasteiger partial charge in [-0.3, -0.25) is 4.98 Å². The minimum absolute atomic E-state index is 0.435. The van der Waals surface area contributed by atoms with Gasteiger partial charge in [0.25, 0.3) is 0 Å². The minimum Gasteiger partial charge on any atom is -0.364 e. The topological polar surface area (TPSA) is 43.7 Å². The van der Waals surface area contributed by atoms with Gasteiger partial charge in [0.15, 0.2) is 0 Å². The fourth-order valence-corrected chi connectivity index (χ4v) is 2.52. The van der Waals surface area contributed by atoms with Crippen LogP contribution in [0.3, 0.4) is 0 Å². The quantitative estimate of drug-likeness (QED) is 0.410. The number of oxime groups is 1. The molecule has 0 saturated carbocycles. The first-order chi connectivity index (χ1) is 11.1. The smallest absolute Gasteiger partial charge is 0.223 e. The molecule has 1 aromatic heterocycles. The van der Waals surface area contributed by atoms with Crippen LogP contribution in [0, 0.1) is 0 Å². The maximum atomic E-state index is 6.30. The zero-order valence-electron chi connectivity index (χ0n) is 13.0. The third kappa shape index (κ3) is 5.50. The summed E-state index contributed by atoms with van der Waals surface area (Å²) in [6.07, 6.45) is 3.61. The van der Waals surface area contributed by atoms with Crippen LogP contribution < -0.4 is 0 Å². The van der Waals surface area contributed by atoms with E-state index in [1.54, 1.807) is 31.5 Å². The van der Waals surface area contributed by atoms with Crippen molar-refractivity contribution in [3.63, 3.8) is 0 Å². The standard InChI is InChI=1S/C17H18Cl2N2O2/c1-3-22-12(2)23-21-17(9-13-5-4-8-20-11-13)15-7-6-14(18)10-16(15)19/h4-8,10-12H,3,9H2,1-2H3. The van der Waals surface area contributed by atoms with Crippen molar-refractivity contribution < 1.29 is 9.57 Å². The molecule has 0 spiro atoms. The van der Waals surface area contributed by atoms with Gasteiger partial charge in [-0.05, 0) is 30.7 Å². The van der Waals surface area contributed by atoms with Gasteiger partial charge in [-0.15, -0.1) is 0 Å². The Labute approximate surface area is 146 Å². The molecule has 0 radical (unpaired) electrons. The van der Waals surface area contributed by atoms with E-state index in [1.165, 1.54) is 0 Å². The Hall–Kier alpha value is -1.62. The van der Waals surface area contributed by atoms with Crippen LogP contribution >= 0.6 is 23.2 Å². The van der Waals surface area contributed by atoms with Gasteiger partial charge in [0.05, 0.1) is 10.7 Å². The van der Waals surface area contributed by atoms with Crippen molar-refractivity contribution >= 4 is 28.9 Å². The molecule has 0 saturated heterocycles. The number of benzene rings is 1. The van der Waals surface area contributed by atoms with Gasteiger partial charge in [-0.1, -0.05) is 40.5 Å². The van der Waals surface area contributed by atoms with Gasteiger partial charge >= 0.3 is 0 Å². The Bertz CT molecular complexity index is 663. The molecule has 0 aliphatic rings. The predicted octanol–water partition coefficient (Wildman–Crippen LogP) is 4.73.